The second-order valence-electron chi connectivity index (χ2n) is 1.23. The maximum atomic E-state index is 10.2. The van der Waals surface area contributed by atoms with Crippen LogP contribution in [0.4, 0.5) is 0 Å². The van der Waals surface area contributed by atoms with E-state index in [1.54, 1.807) is 0 Å². The Kier molecular flexibility index (Phi) is 3.42. The van der Waals surface area contributed by atoms with Gasteiger partial charge in [-0.3, -0.25) is 14.4 Å². The molecule has 0 bridgehead atoms. The van der Waals surface area contributed by atoms with Gasteiger partial charge in [-0.15, -0.1) is 0 Å². The van der Waals surface area contributed by atoms with Crippen molar-refractivity contribution in [1.82, 2.24) is 0 Å². The standard InChI is InChI=1S/C4H2Cl2O3/c5-3(8)1-2(7)4(6)9/h1H2. The monoisotopic (exact) mass is 168 g/mol. The van der Waals surface area contributed by atoms with Crippen LogP contribution in [-0.2, 0) is 14.4 Å². The average Bonchev–Trinajstić information content (AvgIpc) is 1.63. The van der Waals surface area contributed by atoms with E-state index in [0.29, 0.717) is 0 Å². The molecule has 0 N–H and O–H groups in total. The first kappa shape index (κ1) is 8.59. The van der Waals surface area contributed by atoms with Crippen LogP contribution in [0.2, 0.25) is 0 Å². The number of rotatable bonds is 3. The summed E-state index contributed by atoms with van der Waals surface area (Å²) in [6.07, 6.45) is -0.621. The molecule has 0 amide bonds. The summed E-state index contributed by atoms with van der Waals surface area (Å²) in [5.74, 6) is -0.975. The molecule has 0 aliphatic heterocycles. The van der Waals surface area contributed by atoms with Gasteiger partial charge in [0.05, 0.1) is 6.42 Å². The van der Waals surface area contributed by atoms with Crippen LogP contribution in [-0.4, -0.2) is 16.3 Å². The minimum absolute atomic E-state index is 0.621. The highest BCUT2D eigenvalue weighted by atomic mass is 35.5. The number of hydrogen-bond acceptors (Lipinski definition) is 3. The van der Waals surface area contributed by atoms with E-state index >= 15 is 0 Å². The molecule has 0 atom stereocenters. The Bertz CT molecular complexity index is 163. The number of carbonyl (C=O) groups is 3. The summed E-state index contributed by atoms with van der Waals surface area (Å²) < 4.78 is 0. The number of hydrogen-bond donors (Lipinski definition) is 0. The average molecular weight is 169 g/mol. The highest BCUT2D eigenvalue weighted by Crippen LogP contribution is 1.93. The Morgan fingerprint density at radius 3 is 1.67 bits per heavy atom. The number of carbonyl (C=O) groups excluding carboxylic acids is 3. The molecule has 0 saturated carbocycles. The van der Waals surface area contributed by atoms with Crippen molar-refractivity contribution in [2.24, 2.45) is 0 Å². The van der Waals surface area contributed by atoms with E-state index in [1.807, 2.05) is 0 Å². The van der Waals surface area contributed by atoms with E-state index in [4.69, 9.17) is 11.6 Å². The van der Waals surface area contributed by atoms with E-state index < -0.39 is 22.7 Å². The molecule has 5 heteroatoms. The molecule has 0 radical (unpaired) electrons. The number of ketones is 1. The number of halogens is 2. The lowest BCUT2D eigenvalue weighted by atomic mass is 10.3. The molecule has 9 heavy (non-hydrogen) atoms. The third-order valence-corrected chi connectivity index (χ3v) is 0.863. The Labute approximate surface area is 60.9 Å². The molecule has 0 aliphatic carbocycles. The first-order chi connectivity index (χ1) is 4.04. The van der Waals surface area contributed by atoms with Gasteiger partial charge in [0.25, 0.3) is 5.24 Å². The van der Waals surface area contributed by atoms with Gasteiger partial charge in [0.15, 0.2) is 0 Å². The van der Waals surface area contributed by atoms with Crippen molar-refractivity contribution >= 4 is 39.5 Å². The molecule has 0 aromatic carbocycles. The maximum absolute atomic E-state index is 10.2. The fourth-order valence-corrected chi connectivity index (χ4v) is 0.384. The van der Waals surface area contributed by atoms with Crippen molar-refractivity contribution < 1.29 is 14.4 Å². The highest BCUT2D eigenvalue weighted by molar-refractivity contribution is 6.83. The second-order valence-corrected chi connectivity index (χ2v) is 1.99. The van der Waals surface area contributed by atoms with Crippen LogP contribution in [0.5, 0.6) is 0 Å². The third-order valence-electron chi connectivity index (χ3n) is 0.519. The van der Waals surface area contributed by atoms with Crippen molar-refractivity contribution in [2.45, 2.75) is 6.42 Å². The van der Waals surface area contributed by atoms with Crippen molar-refractivity contribution in [2.75, 3.05) is 0 Å². The van der Waals surface area contributed by atoms with Gasteiger partial charge < -0.3 is 0 Å². The molecule has 50 valence electrons. The molecule has 3 nitrogen and oxygen atoms in total. The van der Waals surface area contributed by atoms with Gasteiger partial charge in [-0.05, 0) is 23.2 Å². The molecule has 0 rings (SSSR count). The van der Waals surface area contributed by atoms with Gasteiger partial charge in [0.2, 0.25) is 11.0 Å². The van der Waals surface area contributed by atoms with Crippen LogP contribution in [0.25, 0.3) is 0 Å². The van der Waals surface area contributed by atoms with E-state index in [2.05, 4.69) is 11.6 Å². The zero-order chi connectivity index (χ0) is 7.44. The fraction of sp³-hybridized carbons (Fsp3) is 0.250. The maximum Gasteiger partial charge on any atom is 0.288 e. The van der Waals surface area contributed by atoms with E-state index in [1.165, 1.54) is 0 Å². The van der Waals surface area contributed by atoms with Crippen molar-refractivity contribution in [1.29, 1.82) is 0 Å². The van der Waals surface area contributed by atoms with Gasteiger partial charge in [-0.25, -0.2) is 0 Å². The molecular formula is C4H2Cl2O3. The second kappa shape index (κ2) is 3.58. The van der Waals surface area contributed by atoms with Crippen molar-refractivity contribution in [3.63, 3.8) is 0 Å². The topological polar surface area (TPSA) is 51.2 Å². The first-order valence-electron chi connectivity index (χ1n) is 1.95. The van der Waals surface area contributed by atoms with E-state index in [0.717, 1.165) is 0 Å². The molecular weight excluding hydrogens is 167 g/mol. The van der Waals surface area contributed by atoms with Crippen LogP contribution >= 0.6 is 23.2 Å². The Balaban J connectivity index is 3.79. The lowest BCUT2D eigenvalue weighted by Gasteiger charge is -1.83. The molecule has 0 heterocycles. The molecule has 0 unspecified atom stereocenters. The smallest absolute Gasteiger partial charge is 0.288 e. The van der Waals surface area contributed by atoms with Crippen molar-refractivity contribution in [3.8, 4) is 0 Å². The van der Waals surface area contributed by atoms with Crippen molar-refractivity contribution in [3.05, 3.63) is 0 Å². The summed E-state index contributed by atoms with van der Waals surface area (Å²) in [6, 6.07) is 0. The minimum Gasteiger partial charge on any atom is -0.289 e. The van der Waals surface area contributed by atoms with Crippen LogP contribution in [0, 0.1) is 0 Å². The zero-order valence-corrected chi connectivity index (χ0v) is 5.70. The normalized spacial score (nSPS) is 8.67. The summed E-state index contributed by atoms with van der Waals surface area (Å²) in [6.45, 7) is 0. The van der Waals surface area contributed by atoms with Gasteiger partial charge in [0, 0.05) is 0 Å². The molecule has 0 fully saturated rings. The molecule has 0 aromatic heterocycles. The number of Topliss-reactive ketones (excluding diaryl/α,β-unsaturated/α-hetero) is 1. The summed E-state index contributed by atoms with van der Waals surface area (Å²) in [5, 5.41) is -2.04. The third kappa shape index (κ3) is 4.12. The van der Waals surface area contributed by atoms with Gasteiger partial charge in [-0.1, -0.05) is 0 Å². The summed E-state index contributed by atoms with van der Waals surface area (Å²) in [7, 11) is 0. The van der Waals surface area contributed by atoms with E-state index in [9.17, 15) is 14.4 Å². The zero-order valence-electron chi connectivity index (χ0n) is 4.19. The Morgan fingerprint density at radius 2 is 1.56 bits per heavy atom. The quantitative estimate of drug-likeness (QED) is 0.350. The fourth-order valence-electron chi connectivity index (χ4n) is 0.196. The molecule has 0 aliphatic rings. The predicted octanol–water partition coefficient (Wildman–Crippen LogP) is 0.476. The Morgan fingerprint density at radius 1 is 1.11 bits per heavy atom. The summed E-state index contributed by atoms with van der Waals surface area (Å²) in [5.41, 5.74) is 0. The summed E-state index contributed by atoms with van der Waals surface area (Å²) in [4.78, 5) is 29.9. The molecule has 0 spiro atoms. The van der Waals surface area contributed by atoms with Gasteiger partial charge in [0.1, 0.15) is 0 Å². The van der Waals surface area contributed by atoms with Crippen LogP contribution < -0.4 is 0 Å². The van der Waals surface area contributed by atoms with Crippen LogP contribution in [0.15, 0.2) is 0 Å². The van der Waals surface area contributed by atoms with Gasteiger partial charge in [-0.2, -0.15) is 0 Å². The lowest BCUT2D eigenvalue weighted by molar-refractivity contribution is -0.133. The highest BCUT2D eigenvalue weighted by Gasteiger charge is 2.12. The SMILES string of the molecule is O=C(Cl)CC(=O)C(=O)Cl. The minimum atomic E-state index is -1.16. The molecule has 0 saturated heterocycles. The van der Waals surface area contributed by atoms with Gasteiger partial charge >= 0.3 is 0 Å². The molecule has 0 aromatic rings. The summed E-state index contributed by atoms with van der Waals surface area (Å²) >= 11 is 9.42. The van der Waals surface area contributed by atoms with E-state index in [-0.39, 0.29) is 0 Å². The Hall–Kier alpha value is -0.410. The van der Waals surface area contributed by atoms with Crippen LogP contribution in [0.1, 0.15) is 6.42 Å². The first-order valence-corrected chi connectivity index (χ1v) is 2.70. The van der Waals surface area contributed by atoms with Crippen LogP contribution in [0.3, 0.4) is 0 Å². The predicted molar refractivity (Wildman–Crippen MR) is 31.3 cm³/mol. The lowest BCUT2D eigenvalue weighted by Crippen LogP contribution is -2.09. The largest absolute Gasteiger partial charge is 0.289 e.